The Balaban J connectivity index is 1.12. The van der Waals surface area contributed by atoms with E-state index in [0.717, 1.165) is 47.3 Å². The summed E-state index contributed by atoms with van der Waals surface area (Å²) in [5, 5.41) is 7.79. The first kappa shape index (κ1) is 27.6. The van der Waals surface area contributed by atoms with E-state index < -0.39 is 0 Å². The van der Waals surface area contributed by atoms with Crippen molar-refractivity contribution in [1.29, 1.82) is 0 Å². The summed E-state index contributed by atoms with van der Waals surface area (Å²) in [7, 11) is 0. The first-order valence-electron chi connectivity index (χ1n) is 17.6. The summed E-state index contributed by atoms with van der Waals surface area (Å²) in [6.07, 6.45) is 32.7. The second kappa shape index (κ2) is 13.4. The third kappa shape index (κ3) is 6.32. The van der Waals surface area contributed by atoms with Gasteiger partial charge in [-0.3, -0.25) is 0 Å². The summed E-state index contributed by atoms with van der Waals surface area (Å²) in [6.45, 7) is 6.55. The molecule has 0 amide bonds. The van der Waals surface area contributed by atoms with E-state index in [0.29, 0.717) is 6.04 Å². The number of hydrogen-bond acceptors (Lipinski definition) is 2. The van der Waals surface area contributed by atoms with Gasteiger partial charge in [-0.05, 0) is 170 Å². The molecule has 2 nitrogen and oxygen atoms in total. The van der Waals surface area contributed by atoms with Gasteiger partial charge in [0, 0.05) is 6.04 Å². The minimum absolute atomic E-state index is 0.635. The maximum absolute atomic E-state index is 4.08. The lowest BCUT2D eigenvalue weighted by Crippen LogP contribution is -2.42. The average Bonchev–Trinajstić information content (AvgIpc) is 3.52. The van der Waals surface area contributed by atoms with Gasteiger partial charge in [0.15, 0.2) is 0 Å². The molecule has 1 heterocycles. The van der Waals surface area contributed by atoms with E-state index >= 15 is 0 Å². The molecule has 214 valence electrons. The highest BCUT2D eigenvalue weighted by atomic mass is 14.9. The summed E-state index contributed by atoms with van der Waals surface area (Å²) in [5.41, 5.74) is 3.87. The van der Waals surface area contributed by atoms with Gasteiger partial charge in [0.2, 0.25) is 0 Å². The normalized spacial score (nSPS) is 39.4. The van der Waals surface area contributed by atoms with Crippen LogP contribution in [0, 0.1) is 47.3 Å². The second-order valence-corrected chi connectivity index (χ2v) is 14.8. The third-order valence-corrected chi connectivity index (χ3v) is 12.8. The van der Waals surface area contributed by atoms with Crippen LogP contribution in [0.4, 0.5) is 0 Å². The Morgan fingerprint density at radius 3 is 2.53 bits per heavy atom. The Hall–Kier alpha value is -0.600. The fraction of sp³-hybridized carbons (Fsp3) is 0.889. The summed E-state index contributed by atoms with van der Waals surface area (Å²) in [6, 6.07) is 0.635. The Labute approximate surface area is 235 Å². The lowest BCUT2D eigenvalue weighted by atomic mass is 9.55. The molecular weight excluding hydrogens is 460 g/mol. The highest BCUT2D eigenvalue weighted by Crippen LogP contribution is 2.53. The van der Waals surface area contributed by atoms with Gasteiger partial charge in [-0.2, -0.15) is 0 Å². The van der Waals surface area contributed by atoms with Gasteiger partial charge >= 0.3 is 0 Å². The molecule has 0 aromatic rings. The largest absolute Gasteiger partial charge is 0.316 e. The van der Waals surface area contributed by atoms with E-state index in [1.165, 1.54) is 122 Å². The van der Waals surface area contributed by atoms with E-state index in [1.54, 1.807) is 19.3 Å². The highest BCUT2D eigenvalue weighted by Gasteiger charge is 2.45. The van der Waals surface area contributed by atoms with Crippen LogP contribution in [0.25, 0.3) is 0 Å². The predicted octanol–water partition coefficient (Wildman–Crippen LogP) is 8.83. The summed E-state index contributed by atoms with van der Waals surface area (Å²) < 4.78 is 0. The van der Waals surface area contributed by atoms with E-state index in [9.17, 15) is 0 Å². The van der Waals surface area contributed by atoms with Crippen LogP contribution in [-0.2, 0) is 0 Å². The standard InChI is InChI=1S/C36H60N2/c1-26(31-20-21-34(29-22-23-37-24-29)36-16-8-7-15-35(31)36)18-19-28(25-38-30-12-3-2-4-13-30)33-17-9-11-27-10-5-6-14-32(27)33/h3,12,26,28-31,33-38H,2,4-11,13-25H2,1H3. The van der Waals surface area contributed by atoms with E-state index in [4.69, 9.17) is 0 Å². The zero-order chi connectivity index (χ0) is 25.7. The summed E-state index contributed by atoms with van der Waals surface area (Å²) >= 11 is 0. The van der Waals surface area contributed by atoms with Gasteiger partial charge in [-0.1, -0.05) is 49.5 Å². The van der Waals surface area contributed by atoms with Crippen LogP contribution in [0.1, 0.15) is 129 Å². The lowest BCUT2D eigenvalue weighted by Gasteiger charge is -2.50. The number of fused-ring (bicyclic) bond motifs is 1. The fourth-order valence-electron chi connectivity index (χ4n) is 10.8. The molecule has 2 N–H and O–H groups in total. The molecule has 38 heavy (non-hydrogen) atoms. The molecule has 0 aromatic carbocycles. The topological polar surface area (TPSA) is 24.1 Å². The van der Waals surface area contributed by atoms with Gasteiger partial charge in [-0.25, -0.2) is 0 Å². The summed E-state index contributed by atoms with van der Waals surface area (Å²) in [5.74, 6) is 7.81. The number of rotatable bonds is 9. The first-order chi connectivity index (χ1) is 18.8. The predicted molar refractivity (Wildman–Crippen MR) is 162 cm³/mol. The van der Waals surface area contributed by atoms with Crippen molar-refractivity contribution in [2.24, 2.45) is 47.3 Å². The molecule has 0 aromatic heterocycles. The molecule has 3 fully saturated rings. The van der Waals surface area contributed by atoms with Crippen molar-refractivity contribution in [3.05, 3.63) is 23.3 Å². The molecule has 1 saturated heterocycles. The second-order valence-electron chi connectivity index (χ2n) is 14.8. The van der Waals surface area contributed by atoms with Gasteiger partial charge in [0.1, 0.15) is 0 Å². The van der Waals surface area contributed by atoms with Crippen LogP contribution >= 0.6 is 0 Å². The van der Waals surface area contributed by atoms with E-state index in [-0.39, 0.29) is 0 Å². The molecule has 5 aliphatic carbocycles. The lowest BCUT2D eigenvalue weighted by molar-refractivity contribution is 0.000216. The molecule has 0 bridgehead atoms. The zero-order valence-corrected chi connectivity index (χ0v) is 24.9. The Morgan fingerprint density at radius 1 is 0.816 bits per heavy atom. The molecule has 2 heteroatoms. The molecule has 6 aliphatic rings. The maximum atomic E-state index is 4.08. The van der Waals surface area contributed by atoms with Crippen molar-refractivity contribution in [2.45, 2.75) is 135 Å². The molecule has 6 rings (SSSR count). The van der Waals surface area contributed by atoms with E-state index in [1.807, 2.05) is 11.1 Å². The van der Waals surface area contributed by atoms with Crippen molar-refractivity contribution < 1.29 is 0 Å². The quantitative estimate of drug-likeness (QED) is 0.297. The number of hydrogen-bond donors (Lipinski definition) is 2. The molecule has 9 atom stereocenters. The van der Waals surface area contributed by atoms with E-state index in [2.05, 4.69) is 29.7 Å². The molecule has 1 aliphatic heterocycles. The SMILES string of the molecule is CC(CCC(CNC1C=CCCC1)C1CCCC2=C1CCCC2)C1CCC(C2CCNC2)C2CCCCC12. The Bertz CT molecular complexity index is 802. The maximum Gasteiger partial charge on any atom is 0.0250 e. The van der Waals surface area contributed by atoms with Crippen LogP contribution in [-0.4, -0.2) is 25.7 Å². The monoisotopic (exact) mass is 520 g/mol. The Morgan fingerprint density at radius 2 is 1.68 bits per heavy atom. The molecule has 9 unspecified atom stereocenters. The third-order valence-electron chi connectivity index (χ3n) is 12.8. The van der Waals surface area contributed by atoms with Crippen LogP contribution < -0.4 is 10.6 Å². The van der Waals surface area contributed by atoms with Crippen LogP contribution in [0.5, 0.6) is 0 Å². The van der Waals surface area contributed by atoms with Crippen molar-refractivity contribution in [2.75, 3.05) is 19.6 Å². The smallest absolute Gasteiger partial charge is 0.0250 e. The van der Waals surface area contributed by atoms with Gasteiger partial charge in [0.25, 0.3) is 0 Å². The zero-order valence-electron chi connectivity index (χ0n) is 24.9. The molecule has 0 radical (unpaired) electrons. The van der Waals surface area contributed by atoms with Crippen LogP contribution in [0.2, 0.25) is 0 Å². The van der Waals surface area contributed by atoms with Gasteiger partial charge < -0.3 is 10.6 Å². The van der Waals surface area contributed by atoms with Crippen molar-refractivity contribution in [3.8, 4) is 0 Å². The number of nitrogens with one attached hydrogen (secondary N) is 2. The number of allylic oxidation sites excluding steroid dienone is 3. The fourth-order valence-corrected chi connectivity index (χ4v) is 10.8. The van der Waals surface area contributed by atoms with Crippen LogP contribution in [0.3, 0.4) is 0 Å². The average molecular weight is 521 g/mol. The minimum atomic E-state index is 0.635. The summed E-state index contributed by atoms with van der Waals surface area (Å²) in [4.78, 5) is 0. The minimum Gasteiger partial charge on any atom is -0.316 e. The first-order valence-corrected chi connectivity index (χ1v) is 17.6. The van der Waals surface area contributed by atoms with Crippen LogP contribution in [0.15, 0.2) is 23.3 Å². The van der Waals surface area contributed by atoms with Crippen molar-refractivity contribution in [3.63, 3.8) is 0 Å². The van der Waals surface area contributed by atoms with Crippen molar-refractivity contribution in [1.82, 2.24) is 10.6 Å². The van der Waals surface area contributed by atoms with Gasteiger partial charge in [0.05, 0.1) is 0 Å². The molecule has 2 saturated carbocycles. The van der Waals surface area contributed by atoms with Crippen molar-refractivity contribution >= 4 is 0 Å². The Kier molecular flexibility index (Phi) is 9.70. The molecule has 0 spiro atoms. The van der Waals surface area contributed by atoms with Gasteiger partial charge in [-0.15, -0.1) is 0 Å². The molecular formula is C36H60N2. The highest BCUT2D eigenvalue weighted by molar-refractivity contribution is 5.23.